The van der Waals surface area contributed by atoms with Crippen LogP contribution in [0.2, 0.25) is 0 Å². The van der Waals surface area contributed by atoms with Crippen molar-refractivity contribution in [2.45, 2.75) is 32.3 Å². The Hall–Kier alpha value is -2.15. The molecule has 3 heterocycles. The Labute approximate surface area is 153 Å². The van der Waals surface area contributed by atoms with Crippen molar-refractivity contribution in [2.75, 3.05) is 40.6 Å². The molecule has 0 saturated carbocycles. The summed E-state index contributed by atoms with van der Waals surface area (Å²) in [5.74, 6) is 2.55. The van der Waals surface area contributed by atoms with Gasteiger partial charge in [-0.3, -0.25) is 4.90 Å². The second kappa shape index (κ2) is 7.23. The molecule has 0 radical (unpaired) electrons. The molecular formula is C19H26N2O5. The van der Waals surface area contributed by atoms with Crippen LogP contribution < -0.4 is 18.9 Å². The highest BCUT2D eigenvalue weighted by molar-refractivity contribution is 5.90. The van der Waals surface area contributed by atoms with Crippen molar-refractivity contribution in [3.8, 4) is 23.0 Å². The monoisotopic (exact) mass is 362 g/mol. The Morgan fingerprint density at radius 2 is 1.88 bits per heavy atom. The number of ether oxygens (including phenoxy) is 4. The summed E-state index contributed by atoms with van der Waals surface area (Å²) < 4.78 is 22.3. The van der Waals surface area contributed by atoms with Crippen LogP contribution in [0.4, 0.5) is 0 Å². The number of nitrogens with zero attached hydrogens (tertiary/aromatic N) is 2. The summed E-state index contributed by atoms with van der Waals surface area (Å²) >= 11 is 0. The second-order valence-corrected chi connectivity index (χ2v) is 7.00. The van der Waals surface area contributed by atoms with Gasteiger partial charge in [0.25, 0.3) is 0 Å². The minimum Gasteiger partial charge on any atom is -0.493 e. The summed E-state index contributed by atoms with van der Waals surface area (Å²) in [6.45, 7) is 5.44. The Morgan fingerprint density at radius 1 is 1.12 bits per heavy atom. The maximum Gasteiger partial charge on any atom is 0.231 e. The molecule has 1 aromatic rings. The quantitative estimate of drug-likeness (QED) is 0.802. The van der Waals surface area contributed by atoms with Gasteiger partial charge in [-0.05, 0) is 32.0 Å². The Morgan fingerprint density at radius 3 is 2.62 bits per heavy atom. The number of piperidine rings is 1. The Bertz CT molecular complexity index is 700. The van der Waals surface area contributed by atoms with Crippen LogP contribution in [-0.2, 0) is 4.84 Å². The Kier molecular flexibility index (Phi) is 4.80. The molecule has 4 rings (SSSR count). The maximum atomic E-state index is 5.84. The summed E-state index contributed by atoms with van der Waals surface area (Å²) in [4.78, 5) is 8.30. The molecule has 7 nitrogen and oxygen atoms in total. The number of fused-ring (bicyclic) bond motifs is 1. The number of benzene rings is 1. The molecule has 0 spiro atoms. The van der Waals surface area contributed by atoms with Crippen molar-refractivity contribution in [2.24, 2.45) is 11.1 Å². The van der Waals surface area contributed by atoms with Crippen molar-refractivity contribution in [3.05, 3.63) is 11.6 Å². The molecule has 7 heteroatoms. The largest absolute Gasteiger partial charge is 0.493 e. The maximum absolute atomic E-state index is 5.84. The van der Waals surface area contributed by atoms with E-state index in [1.807, 2.05) is 6.07 Å². The Balaban J connectivity index is 1.58. The first kappa shape index (κ1) is 17.3. The van der Waals surface area contributed by atoms with Crippen LogP contribution in [0.5, 0.6) is 23.0 Å². The topological polar surface area (TPSA) is 61.8 Å². The van der Waals surface area contributed by atoms with E-state index in [9.17, 15) is 0 Å². The van der Waals surface area contributed by atoms with E-state index in [-0.39, 0.29) is 18.8 Å². The van der Waals surface area contributed by atoms with Gasteiger partial charge < -0.3 is 23.8 Å². The number of oxime groups is 1. The molecule has 0 bridgehead atoms. The number of hydrogen-bond acceptors (Lipinski definition) is 7. The van der Waals surface area contributed by atoms with Crippen molar-refractivity contribution in [1.82, 2.24) is 4.90 Å². The average Bonchev–Trinajstić information content (AvgIpc) is 3.29. The fourth-order valence-corrected chi connectivity index (χ4v) is 3.93. The molecule has 26 heavy (non-hydrogen) atoms. The molecule has 1 fully saturated rings. The molecule has 3 aliphatic rings. The van der Waals surface area contributed by atoms with Gasteiger partial charge in [0.15, 0.2) is 17.6 Å². The third-order valence-electron chi connectivity index (χ3n) is 5.42. The van der Waals surface area contributed by atoms with Crippen LogP contribution in [0.3, 0.4) is 0 Å². The zero-order valence-electron chi connectivity index (χ0n) is 15.6. The van der Waals surface area contributed by atoms with Gasteiger partial charge in [0.1, 0.15) is 0 Å². The molecule has 0 N–H and O–H groups in total. The highest BCUT2D eigenvalue weighted by Crippen LogP contribution is 2.53. The van der Waals surface area contributed by atoms with Gasteiger partial charge in [0.05, 0.1) is 19.9 Å². The molecule has 1 aromatic carbocycles. The highest BCUT2D eigenvalue weighted by Gasteiger charge is 2.38. The summed E-state index contributed by atoms with van der Waals surface area (Å²) in [7, 11) is 3.24. The van der Waals surface area contributed by atoms with Gasteiger partial charge in [-0.2, -0.15) is 0 Å². The number of likely N-dealkylation sites (tertiary alicyclic amines) is 1. The smallest absolute Gasteiger partial charge is 0.231 e. The van der Waals surface area contributed by atoms with E-state index in [4.69, 9.17) is 23.8 Å². The molecule has 0 aliphatic carbocycles. The average molecular weight is 362 g/mol. The fraction of sp³-hybridized carbons (Fsp3) is 0.632. The van der Waals surface area contributed by atoms with Gasteiger partial charge in [0.2, 0.25) is 18.3 Å². The van der Waals surface area contributed by atoms with Crippen molar-refractivity contribution >= 4 is 5.71 Å². The van der Waals surface area contributed by atoms with Crippen molar-refractivity contribution in [3.63, 3.8) is 0 Å². The predicted octanol–water partition coefficient (Wildman–Crippen LogP) is 2.98. The molecule has 0 amide bonds. The normalized spacial score (nSPS) is 25.0. The van der Waals surface area contributed by atoms with Crippen LogP contribution in [0.1, 0.15) is 37.9 Å². The minimum absolute atomic E-state index is 0.149. The molecule has 3 aliphatic heterocycles. The third-order valence-corrected chi connectivity index (χ3v) is 5.42. The molecule has 0 unspecified atom stereocenters. The third kappa shape index (κ3) is 2.94. The standard InChI is InChI=1S/C19H26N2O5/c1-12-14(10-21-7-5-4-6-8-21)20-26-16(12)13-9-15(22-2)18-19(17(13)23-3)25-11-24-18/h9,12,16H,4-8,10-11H2,1-3H3/t12-,16+/m0/s1. The first-order chi connectivity index (χ1) is 12.7. The van der Waals surface area contributed by atoms with E-state index < -0.39 is 0 Å². The number of hydrogen-bond donors (Lipinski definition) is 0. The van der Waals surface area contributed by atoms with Gasteiger partial charge in [-0.1, -0.05) is 18.5 Å². The zero-order chi connectivity index (χ0) is 18.1. The minimum atomic E-state index is -0.229. The van der Waals surface area contributed by atoms with Crippen molar-refractivity contribution < 1.29 is 23.8 Å². The van der Waals surface area contributed by atoms with E-state index in [0.717, 1.165) is 30.9 Å². The van der Waals surface area contributed by atoms with Crippen LogP contribution in [0, 0.1) is 5.92 Å². The lowest BCUT2D eigenvalue weighted by Gasteiger charge is -2.27. The molecular weight excluding hydrogens is 336 g/mol. The number of rotatable bonds is 5. The fourth-order valence-electron chi connectivity index (χ4n) is 3.93. The van der Waals surface area contributed by atoms with E-state index in [1.54, 1.807) is 14.2 Å². The first-order valence-corrected chi connectivity index (χ1v) is 9.22. The van der Waals surface area contributed by atoms with Gasteiger partial charge in [-0.25, -0.2) is 0 Å². The predicted molar refractivity (Wildman–Crippen MR) is 96.4 cm³/mol. The zero-order valence-corrected chi connectivity index (χ0v) is 15.6. The van der Waals surface area contributed by atoms with Crippen LogP contribution >= 0.6 is 0 Å². The molecule has 1 saturated heterocycles. The van der Waals surface area contributed by atoms with Gasteiger partial charge >= 0.3 is 0 Å². The summed E-state index contributed by atoms with van der Waals surface area (Å²) in [5, 5.41) is 4.40. The molecule has 0 aromatic heterocycles. The van der Waals surface area contributed by atoms with Crippen LogP contribution in [0.15, 0.2) is 11.2 Å². The summed E-state index contributed by atoms with van der Waals surface area (Å²) in [6, 6.07) is 1.91. The summed E-state index contributed by atoms with van der Waals surface area (Å²) in [5.41, 5.74) is 1.95. The SMILES string of the molecule is COc1cc([C@@H]2ON=C(CN3CCCCC3)[C@@H]2C)c(OC)c2c1OCO2. The van der Waals surface area contributed by atoms with Crippen molar-refractivity contribution in [1.29, 1.82) is 0 Å². The molecule has 142 valence electrons. The van der Waals surface area contributed by atoms with E-state index in [2.05, 4.69) is 17.0 Å². The lowest BCUT2D eigenvalue weighted by atomic mass is 9.92. The molecule has 2 atom stereocenters. The lowest BCUT2D eigenvalue weighted by Crippen LogP contribution is -2.36. The van der Waals surface area contributed by atoms with Crippen LogP contribution in [-0.4, -0.2) is 51.3 Å². The van der Waals surface area contributed by atoms with E-state index in [0.29, 0.717) is 23.0 Å². The first-order valence-electron chi connectivity index (χ1n) is 9.22. The van der Waals surface area contributed by atoms with Gasteiger partial charge in [0, 0.05) is 18.0 Å². The highest BCUT2D eigenvalue weighted by atomic mass is 16.7. The summed E-state index contributed by atoms with van der Waals surface area (Å²) in [6.07, 6.45) is 3.62. The van der Waals surface area contributed by atoms with E-state index in [1.165, 1.54) is 19.3 Å². The van der Waals surface area contributed by atoms with E-state index >= 15 is 0 Å². The second-order valence-electron chi connectivity index (χ2n) is 7.00. The van der Waals surface area contributed by atoms with Gasteiger partial charge in [-0.15, -0.1) is 0 Å². The number of methoxy groups -OCH3 is 2. The lowest BCUT2D eigenvalue weighted by molar-refractivity contribution is 0.0628. The van der Waals surface area contributed by atoms with Crippen LogP contribution in [0.25, 0.3) is 0 Å².